The summed E-state index contributed by atoms with van der Waals surface area (Å²) in [5.74, 6) is -0.200. The molecule has 5 rings (SSSR count). The first-order chi connectivity index (χ1) is 15.2. The minimum absolute atomic E-state index is 0.0313. The predicted molar refractivity (Wildman–Crippen MR) is 108 cm³/mol. The van der Waals surface area contributed by atoms with Crippen molar-refractivity contribution in [1.29, 1.82) is 0 Å². The molecular weight excluding hydrogens is 428 g/mol. The molecule has 0 fully saturated rings. The molecule has 0 saturated heterocycles. The Hall–Kier alpha value is -4.21. The van der Waals surface area contributed by atoms with Gasteiger partial charge in [-0.3, -0.25) is 9.13 Å². The number of halogens is 4. The molecule has 0 saturated carbocycles. The van der Waals surface area contributed by atoms with Gasteiger partial charge in [0.1, 0.15) is 22.9 Å². The van der Waals surface area contributed by atoms with Gasteiger partial charge in [-0.05, 0) is 60.7 Å². The molecule has 6 nitrogen and oxygen atoms in total. The molecule has 3 heterocycles. The van der Waals surface area contributed by atoms with Crippen LogP contribution in [0, 0.1) is 5.82 Å². The van der Waals surface area contributed by atoms with Gasteiger partial charge < -0.3 is 5.11 Å². The number of imidazole rings is 1. The fraction of sp³-hybridized carbons (Fsp3) is 0.0455. The molecule has 10 heteroatoms. The number of hydrogen-bond acceptors (Lipinski definition) is 3. The number of nitrogens with zero attached hydrogens (tertiary/aromatic N) is 4. The van der Waals surface area contributed by atoms with Gasteiger partial charge in [0.25, 0.3) is 0 Å². The standard InChI is InChI=1S/C22H12F4N4O2/c23-14-3-1-12(2-4-14)19-27-16-6-8-18(22(24,25)26)28-20(16)30(19)15-5-7-17-13(11-15)9-10-29(17)21(31)32/h1-11H,(H,31,32). The summed E-state index contributed by atoms with van der Waals surface area (Å²) in [4.78, 5) is 19.6. The number of aromatic nitrogens is 4. The number of alkyl halides is 3. The third kappa shape index (κ3) is 3.16. The number of benzene rings is 2. The van der Waals surface area contributed by atoms with E-state index in [9.17, 15) is 27.5 Å². The number of fused-ring (bicyclic) bond motifs is 2. The zero-order chi connectivity index (χ0) is 22.6. The second kappa shape index (κ2) is 6.91. The van der Waals surface area contributed by atoms with Gasteiger partial charge in [0, 0.05) is 22.8 Å². The minimum Gasteiger partial charge on any atom is -0.464 e. The second-order valence-corrected chi connectivity index (χ2v) is 7.03. The Labute approximate surface area is 177 Å². The Bertz CT molecular complexity index is 1500. The molecule has 32 heavy (non-hydrogen) atoms. The monoisotopic (exact) mass is 440 g/mol. The van der Waals surface area contributed by atoms with E-state index >= 15 is 0 Å². The molecule has 0 unspecified atom stereocenters. The lowest BCUT2D eigenvalue weighted by Crippen LogP contribution is -2.09. The third-order valence-corrected chi connectivity index (χ3v) is 5.04. The molecule has 0 bridgehead atoms. The average Bonchev–Trinajstić information content (AvgIpc) is 3.34. The van der Waals surface area contributed by atoms with Gasteiger partial charge in [0.2, 0.25) is 0 Å². The van der Waals surface area contributed by atoms with Crippen molar-refractivity contribution in [2.24, 2.45) is 0 Å². The molecule has 0 aliphatic rings. The Balaban J connectivity index is 1.80. The highest BCUT2D eigenvalue weighted by molar-refractivity contribution is 5.91. The van der Waals surface area contributed by atoms with Crippen LogP contribution in [0.2, 0.25) is 0 Å². The highest BCUT2D eigenvalue weighted by Gasteiger charge is 2.33. The molecule has 5 aromatic rings. The predicted octanol–water partition coefficient (Wildman–Crippen LogP) is 5.73. The van der Waals surface area contributed by atoms with E-state index in [1.54, 1.807) is 24.3 Å². The molecule has 0 aliphatic carbocycles. The van der Waals surface area contributed by atoms with E-state index in [0.717, 1.165) is 10.6 Å². The lowest BCUT2D eigenvalue weighted by atomic mass is 10.2. The molecule has 0 radical (unpaired) electrons. The van der Waals surface area contributed by atoms with E-state index < -0.39 is 23.8 Å². The highest BCUT2D eigenvalue weighted by Crippen LogP contribution is 2.33. The largest absolute Gasteiger partial charge is 0.464 e. The molecule has 0 amide bonds. The maximum atomic E-state index is 13.4. The first-order valence-corrected chi connectivity index (χ1v) is 9.30. The maximum absolute atomic E-state index is 13.4. The number of rotatable bonds is 2. The van der Waals surface area contributed by atoms with Gasteiger partial charge in [-0.15, -0.1) is 0 Å². The SMILES string of the molecule is O=C(O)n1ccc2cc(-n3c(-c4ccc(F)cc4)nc4ccc(C(F)(F)F)nc43)ccc21. The molecule has 160 valence electrons. The number of carboxylic acid groups (broad SMARTS) is 1. The van der Waals surface area contributed by atoms with Crippen molar-refractivity contribution in [2.45, 2.75) is 6.18 Å². The van der Waals surface area contributed by atoms with E-state index in [1.807, 2.05) is 0 Å². The van der Waals surface area contributed by atoms with Crippen LogP contribution in [0.25, 0.3) is 39.1 Å². The number of carbonyl (C=O) groups is 1. The van der Waals surface area contributed by atoms with Crippen molar-refractivity contribution >= 4 is 28.2 Å². The van der Waals surface area contributed by atoms with Crippen molar-refractivity contribution in [3.05, 3.63) is 78.4 Å². The Morgan fingerprint density at radius 3 is 2.38 bits per heavy atom. The first-order valence-electron chi connectivity index (χ1n) is 9.30. The molecule has 0 atom stereocenters. The highest BCUT2D eigenvalue weighted by atomic mass is 19.4. The zero-order valence-electron chi connectivity index (χ0n) is 16.0. The fourth-order valence-corrected chi connectivity index (χ4v) is 3.59. The van der Waals surface area contributed by atoms with Crippen LogP contribution < -0.4 is 0 Å². The quantitative estimate of drug-likeness (QED) is 0.356. The van der Waals surface area contributed by atoms with Gasteiger partial charge in [-0.2, -0.15) is 13.2 Å². The van der Waals surface area contributed by atoms with Crippen molar-refractivity contribution in [1.82, 2.24) is 19.1 Å². The van der Waals surface area contributed by atoms with Crippen molar-refractivity contribution in [3.63, 3.8) is 0 Å². The van der Waals surface area contributed by atoms with Crippen LogP contribution in [0.15, 0.2) is 66.9 Å². The van der Waals surface area contributed by atoms with Crippen LogP contribution in [-0.4, -0.2) is 30.3 Å². The normalized spacial score (nSPS) is 12.0. The summed E-state index contributed by atoms with van der Waals surface area (Å²) >= 11 is 0. The molecule has 3 aromatic heterocycles. The fourth-order valence-electron chi connectivity index (χ4n) is 3.59. The Morgan fingerprint density at radius 2 is 1.69 bits per heavy atom. The number of pyridine rings is 1. The molecule has 2 aromatic carbocycles. The zero-order valence-corrected chi connectivity index (χ0v) is 16.0. The Kier molecular flexibility index (Phi) is 4.26. The molecular formula is C22H12F4N4O2. The number of hydrogen-bond donors (Lipinski definition) is 1. The van der Waals surface area contributed by atoms with E-state index in [0.29, 0.717) is 22.2 Å². The van der Waals surface area contributed by atoms with Crippen molar-refractivity contribution < 1.29 is 27.5 Å². The molecule has 1 N–H and O–H groups in total. The summed E-state index contributed by atoms with van der Waals surface area (Å²) < 4.78 is 55.9. The lowest BCUT2D eigenvalue weighted by Gasteiger charge is -2.11. The van der Waals surface area contributed by atoms with Crippen molar-refractivity contribution in [2.75, 3.05) is 0 Å². The summed E-state index contributed by atoms with van der Waals surface area (Å²) in [5.41, 5.74) is 0.431. The van der Waals surface area contributed by atoms with E-state index in [1.165, 1.54) is 41.1 Å². The van der Waals surface area contributed by atoms with Crippen molar-refractivity contribution in [3.8, 4) is 17.1 Å². The van der Waals surface area contributed by atoms with E-state index in [2.05, 4.69) is 9.97 Å². The van der Waals surface area contributed by atoms with Crippen LogP contribution in [0.5, 0.6) is 0 Å². The van der Waals surface area contributed by atoms with Gasteiger partial charge in [-0.1, -0.05) is 0 Å². The van der Waals surface area contributed by atoms with Gasteiger partial charge in [-0.25, -0.2) is 19.2 Å². The third-order valence-electron chi connectivity index (χ3n) is 5.04. The van der Waals surface area contributed by atoms with Gasteiger partial charge in [0.05, 0.1) is 5.52 Å². The maximum Gasteiger partial charge on any atom is 0.433 e. The first kappa shape index (κ1) is 19.7. The van der Waals surface area contributed by atoms with Crippen LogP contribution in [0.4, 0.5) is 22.4 Å². The smallest absolute Gasteiger partial charge is 0.433 e. The minimum atomic E-state index is -4.65. The topological polar surface area (TPSA) is 72.9 Å². The summed E-state index contributed by atoms with van der Waals surface area (Å²) in [6, 6.07) is 13.8. The van der Waals surface area contributed by atoms with Gasteiger partial charge >= 0.3 is 12.3 Å². The molecule has 0 aliphatic heterocycles. The van der Waals surface area contributed by atoms with E-state index in [-0.39, 0.29) is 17.0 Å². The van der Waals surface area contributed by atoms with Crippen LogP contribution >= 0.6 is 0 Å². The van der Waals surface area contributed by atoms with Gasteiger partial charge in [0.15, 0.2) is 5.65 Å². The van der Waals surface area contributed by atoms with Crippen LogP contribution in [0.3, 0.4) is 0 Å². The second-order valence-electron chi connectivity index (χ2n) is 7.03. The molecule has 0 spiro atoms. The summed E-state index contributed by atoms with van der Waals surface area (Å²) in [6.07, 6.45) is -4.43. The summed E-state index contributed by atoms with van der Waals surface area (Å²) in [7, 11) is 0. The van der Waals surface area contributed by atoms with Crippen LogP contribution in [-0.2, 0) is 6.18 Å². The van der Waals surface area contributed by atoms with E-state index in [4.69, 9.17) is 0 Å². The average molecular weight is 440 g/mol. The summed E-state index contributed by atoms with van der Waals surface area (Å²) in [5, 5.41) is 9.85. The lowest BCUT2D eigenvalue weighted by molar-refractivity contribution is -0.141. The van der Waals surface area contributed by atoms with Crippen LogP contribution in [0.1, 0.15) is 5.69 Å². The summed E-state index contributed by atoms with van der Waals surface area (Å²) in [6.45, 7) is 0. The Morgan fingerprint density at radius 1 is 0.938 bits per heavy atom.